The van der Waals surface area contributed by atoms with Gasteiger partial charge in [0.1, 0.15) is 5.69 Å². The molecule has 1 aromatic heterocycles. The van der Waals surface area contributed by atoms with Crippen molar-refractivity contribution < 1.29 is 14.3 Å². The number of aryl methyl sites for hydroxylation is 1. The van der Waals surface area contributed by atoms with Gasteiger partial charge in [-0.15, -0.1) is 0 Å². The van der Waals surface area contributed by atoms with E-state index in [4.69, 9.17) is 4.74 Å². The van der Waals surface area contributed by atoms with Crippen LogP contribution < -0.4 is 0 Å². The predicted molar refractivity (Wildman–Crippen MR) is 85.4 cm³/mol. The molecule has 1 fully saturated rings. The minimum atomic E-state index is -0.736. The molecule has 1 amide bonds. The average Bonchev–Trinajstić information content (AvgIpc) is 2.87. The summed E-state index contributed by atoms with van der Waals surface area (Å²) >= 11 is 0. The van der Waals surface area contributed by atoms with Crippen LogP contribution in [0.5, 0.6) is 0 Å². The third-order valence-electron chi connectivity index (χ3n) is 4.67. The summed E-state index contributed by atoms with van der Waals surface area (Å²) in [6.07, 6.45) is 4.57. The average molecular weight is 323 g/mol. The molecular weight excluding hydrogens is 306 g/mol. The molecule has 1 spiro atoms. The van der Waals surface area contributed by atoms with Crippen LogP contribution in [0.4, 0.5) is 0 Å². The van der Waals surface area contributed by atoms with E-state index in [1.165, 1.54) is 6.20 Å². The van der Waals surface area contributed by atoms with Crippen LogP contribution in [0.2, 0.25) is 0 Å². The van der Waals surface area contributed by atoms with Gasteiger partial charge in [-0.05, 0) is 25.8 Å². The number of piperidine rings is 1. The molecular formula is C18H17N3O3. The Bertz CT molecular complexity index is 819. The van der Waals surface area contributed by atoms with Crippen molar-refractivity contribution in [3.8, 4) is 0 Å². The molecule has 0 N–H and O–H groups in total. The summed E-state index contributed by atoms with van der Waals surface area (Å²) in [6.45, 7) is 2.80. The molecule has 3 heterocycles. The van der Waals surface area contributed by atoms with E-state index in [1.807, 2.05) is 25.1 Å². The van der Waals surface area contributed by atoms with Crippen LogP contribution in [-0.2, 0) is 10.3 Å². The molecule has 1 aromatic carbocycles. The van der Waals surface area contributed by atoms with E-state index in [9.17, 15) is 9.59 Å². The Morgan fingerprint density at radius 1 is 1.25 bits per heavy atom. The van der Waals surface area contributed by atoms with E-state index in [2.05, 4.69) is 9.97 Å². The number of amides is 1. The van der Waals surface area contributed by atoms with Crippen molar-refractivity contribution in [2.24, 2.45) is 0 Å². The quantitative estimate of drug-likeness (QED) is 0.751. The number of nitrogens with zero attached hydrogens (tertiary/aromatic N) is 3. The maximum Gasteiger partial charge on any atom is 0.339 e. The van der Waals surface area contributed by atoms with Crippen molar-refractivity contribution in [1.29, 1.82) is 0 Å². The van der Waals surface area contributed by atoms with E-state index >= 15 is 0 Å². The second-order valence-electron chi connectivity index (χ2n) is 6.30. The van der Waals surface area contributed by atoms with Crippen molar-refractivity contribution in [3.05, 3.63) is 59.2 Å². The first-order chi connectivity index (χ1) is 11.6. The Morgan fingerprint density at radius 3 is 2.88 bits per heavy atom. The Labute approximate surface area is 139 Å². The molecule has 24 heavy (non-hydrogen) atoms. The van der Waals surface area contributed by atoms with Crippen molar-refractivity contribution in [1.82, 2.24) is 14.9 Å². The van der Waals surface area contributed by atoms with Gasteiger partial charge >= 0.3 is 5.97 Å². The van der Waals surface area contributed by atoms with Crippen LogP contribution in [0.25, 0.3) is 0 Å². The Kier molecular flexibility index (Phi) is 3.33. The van der Waals surface area contributed by atoms with E-state index in [0.29, 0.717) is 24.3 Å². The highest BCUT2D eigenvalue weighted by atomic mass is 16.6. The monoisotopic (exact) mass is 323 g/mol. The van der Waals surface area contributed by atoms with Crippen LogP contribution in [0.3, 0.4) is 0 Å². The van der Waals surface area contributed by atoms with Crippen molar-refractivity contribution >= 4 is 11.9 Å². The zero-order chi connectivity index (χ0) is 16.7. The summed E-state index contributed by atoms with van der Waals surface area (Å²) in [7, 11) is 0. The molecule has 6 heteroatoms. The van der Waals surface area contributed by atoms with Crippen LogP contribution in [0, 0.1) is 6.92 Å². The molecule has 0 bridgehead atoms. The molecule has 0 saturated carbocycles. The number of fused-ring (bicyclic) bond motifs is 2. The highest BCUT2D eigenvalue weighted by Gasteiger charge is 2.48. The Morgan fingerprint density at radius 2 is 2.08 bits per heavy atom. The molecule has 2 aromatic rings. The topological polar surface area (TPSA) is 72.4 Å². The van der Waals surface area contributed by atoms with Gasteiger partial charge in [-0.2, -0.15) is 0 Å². The number of hydrogen-bond acceptors (Lipinski definition) is 5. The molecule has 1 saturated heterocycles. The molecule has 4 rings (SSSR count). The summed E-state index contributed by atoms with van der Waals surface area (Å²) in [4.78, 5) is 34.9. The fourth-order valence-corrected chi connectivity index (χ4v) is 3.51. The van der Waals surface area contributed by atoms with Gasteiger partial charge in [0.15, 0.2) is 5.60 Å². The third kappa shape index (κ3) is 2.26. The fourth-order valence-electron chi connectivity index (χ4n) is 3.51. The normalized spacial score (nSPS) is 22.4. The summed E-state index contributed by atoms with van der Waals surface area (Å²) < 4.78 is 5.73. The number of aromatic nitrogens is 2. The highest BCUT2D eigenvalue weighted by Crippen LogP contribution is 2.42. The van der Waals surface area contributed by atoms with E-state index in [0.717, 1.165) is 24.1 Å². The van der Waals surface area contributed by atoms with Crippen LogP contribution in [0.15, 0.2) is 36.7 Å². The van der Waals surface area contributed by atoms with Gasteiger partial charge in [0.25, 0.3) is 5.91 Å². The first-order valence-corrected chi connectivity index (χ1v) is 8.00. The SMILES string of the molecule is Cc1cnc(C(=O)N2CCCC3(C2)OC(=O)c2ccccc23)cn1. The van der Waals surface area contributed by atoms with E-state index in [-0.39, 0.29) is 11.9 Å². The molecule has 122 valence electrons. The fraction of sp³-hybridized carbons (Fsp3) is 0.333. The number of hydrogen-bond donors (Lipinski definition) is 0. The second-order valence-corrected chi connectivity index (χ2v) is 6.30. The highest BCUT2D eigenvalue weighted by molar-refractivity contribution is 5.95. The van der Waals surface area contributed by atoms with Crippen LogP contribution >= 0.6 is 0 Å². The first-order valence-electron chi connectivity index (χ1n) is 8.00. The second kappa shape index (κ2) is 5.40. The van der Waals surface area contributed by atoms with Gasteiger partial charge in [-0.3, -0.25) is 9.78 Å². The molecule has 0 aliphatic carbocycles. The summed E-state index contributed by atoms with van der Waals surface area (Å²) in [6, 6.07) is 7.42. The molecule has 2 aliphatic heterocycles. The van der Waals surface area contributed by atoms with Gasteiger partial charge in [-0.1, -0.05) is 18.2 Å². The van der Waals surface area contributed by atoms with Crippen LogP contribution in [-0.4, -0.2) is 39.8 Å². The molecule has 1 atom stereocenters. The van der Waals surface area contributed by atoms with Crippen molar-refractivity contribution in [3.63, 3.8) is 0 Å². The molecule has 1 unspecified atom stereocenters. The number of carbonyl (C=O) groups is 2. The zero-order valence-electron chi connectivity index (χ0n) is 13.4. The van der Waals surface area contributed by atoms with Gasteiger partial charge < -0.3 is 9.64 Å². The number of carbonyl (C=O) groups excluding carboxylic acids is 2. The lowest BCUT2D eigenvalue weighted by Crippen LogP contribution is -2.49. The summed E-state index contributed by atoms with van der Waals surface area (Å²) in [5.74, 6) is -0.489. The van der Waals surface area contributed by atoms with Gasteiger partial charge in [-0.25, -0.2) is 9.78 Å². The predicted octanol–water partition coefficient (Wildman–Crippen LogP) is 2.09. The molecule has 6 nitrogen and oxygen atoms in total. The standard InChI is InChI=1S/C18H17N3O3/c1-12-9-20-15(10-19-12)16(22)21-8-4-7-18(11-21)14-6-3-2-5-13(14)17(23)24-18/h2-3,5-6,9-10H,4,7-8,11H2,1H3. The van der Waals surface area contributed by atoms with Crippen molar-refractivity contribution in [2.75, 3.05) is 13.1 Å². The molecule has 0 radical (unpaired) electrons. The molecule has 2 aliphatic rings. The number of esters is 1. The Balaban J connectivity index is 1.64. The lowest BCUT2D eigenvalue weighted by Gasteiger charge is -2.39. The number of ether oxygens (including phenoxy) is 1. The van der Waals surface area contributed by atoms with E-state index < -0.39 is 5.60 Å². The zero-order valence-corrected chi connectivity index (χ0v) is 13.4. The van der Waals surface area contributed by atoms with Gasteiger partial charge in [0.2, 0.25) is 0 Å². The largest absolute Gasteiger partial charge is 0.449 e. The first kappa shape index (κ1) is 14.8. The number of rotatable bonds is 1. The summed E-state index contributed by atoms with van der Waals surface area (Å²) in [5.41, 5.74) is 1.82. The van der Waals surface area contributed by atoms with Crippen molar-refractivity contribution in [2.45, 2.75) is 25.4 Å². The smallest absolute Gasteiger partial charge is 0.339 e. The summed E-state index contributed by atoms with van der Waals surface area (Å²) in [5, 5.41) is 0. The van der Waals surface area contributed by atoms with Gasteiger partial charge in [0, 0.05) is 18.3 Å². The number of benzene rings is 1. The Hall–Kier alpha value is -2.76. The van der Waals surface area contributed by atoms with Crippen LogP contribution in [0.1, 0.15) is 44.9 Å². The maximum atomic E-state index is 12.7. The maximum absolute atomic E-state index is 12.7. The van der Waals surface area contributed by atoms with E-state index in [1.54, 1.807) is 17.2 Å². The third-order valence-corrected chi connectivity index (χ3v) is 4.67. The number of likely N-dealkylation sites (tertiary alicyclic amines) is 1. The minimum Gasteiger partial charge on any atom is -0.449 e. The lowest BCUT2D eigenvalue weighted by atomic mass is 9.85. The van der Waals surface area contributed by atoms with Gasteiger partial charge in [0.05, 0.1) is 24.0 Å². The minimum absolute atomic E-state index is 0.179. The lowest BCUT2D eigenvalue weighted by molar-refractivity contribution is -0.0443.